The van der Waals surface area contributed by atoms with Crippen molar-refractivity contribution in [3.63, 3.8) is 0 Å². The van der Waals surface area contributed by atoms with Crippen LogP contribution in [-0.4, -0.2) is 36.1 Å². The van der Waals surface area contributed by atoms with Gasteiger partial charge in [0.25, 0.3) is 11.6 Å². The third-order valence-corrected chi connectivity index (χ3v) is 4.16. The molecule has 2 amide bonds. The van der Waals surface area contributed by atoms with Gasteiger partial charge in [0.05, 0.1) is 17.1 Å². The Hall–Kier alpha value is -1.91. The standard InChI is InChI=1S/C16H22IN3O5/c1-4-25-16(22)19-11(7-10(2)3)9-18-15(21)13-6-5-12(20(23)24)8-14(13)17/h5-6,8,10-11H,4,7,9H2,1-3H3,(H,18,21)(H,19,22). The van der Waals surface area contributed by atoms with Gasteiger partial charge in [0.2, 0.25) is 0 Å². The van der Waals surface area contributed by atoms with E-state index >= 15 is 0 Å². The van der Waals surface area contributed by atoms with Crippen molar-refractivity contribution in [2.45, 2.75) is 33.2 Å². The highest BCUT2D eigenvalue weighted by molar-refractivity contribution is 14.1. The molecule has 0 spiro atoms. The van der Waals surface area contributed by atoms with E-state index < -0.39 is 11.0 Å². The maximum Gasteiger partial charge on any atom is 0.407 e. The van der Waals surface area contributed by atoms with Crippen LogP contribution in [0.25, 0.3) is 0 Å². The predicted octanol–water partition coefficient (Wildman–Crippen LogP) is 3.09. The number of nitrogens with zero attached hydrogens (tertiary/aromatic N) is 1. The van der Waals surface area contributed by atoms with Crippen molar-refractivity contribution in [3.8, 4) is 0 Å². The van der Waals surface area contributed by atoms with Crippen molar-refractivity contribution in [3.05, 3.63) is 37.4 Å². The van der Waals surface area contributed by atoms with E-state index in [4.69, 9.17) is 4.74 Å². The molecule has 0 saturated heterocycles. The Bertz CT molecular complexity index is 636. The molecule has 1 rings (SSSR count). The van der Waals surface area contributed by atoms with Gasteiger partial charge in [-0.1, -0.05) is 13.8 Å². The molecular weight excluding hydrogens is 441 g/mol. The highest BCUT2D eigenvalue weighted by Gasteiger charge is 2.18. The van der Waals surface area contributed by atoms with Gasteiger partial charge in [-0.05, 0) is 47.9 Å². The van der Waals surface area contributed by atoms with E-state index in [-0.39, 0.29) is 30.8 Å². The zero-order valence-electron chi connectivity index (χ0n) is 14.4. The number of benzene rings is 1. The molecule has 8 nitrogen and oxygen atoms in total. The minimum atomic E-state index is -0.521. The Morgan fingerprint density at radius 2 is 2.04 bits per heavy atom. The van der Waals surface area contributed by atoms with Crippen molar-refractivity contribution in [1.29, 1.82) is 0 Å². The van der Waals surface area contributed by atoms with Crippen molar-refractivity contribution in [1.82, 2.24) is 10.6 Å². The van der Waals surface area contributed by atoms with Gasteiger partial charge in [-0.2, -0.15) is 0 Å². The largest absolute Gasteiger partial charge is 0.450 e. The lowest BCUT2D eigenvalue weighted by atomic mass is 10.0. The molecule has 9 heteroatoms. The van der Waals surface area contributed by atoms with Gasteiger partial charge < -0.3 is 15.4 Å². The topological polar surface area (TPSA) is 111 Å². The third-order valence-electron chi connectivity index (χ3n) is 3.27. The van der Waals surface area contributed by atoms with Gasteiger partial charge in [0.1, 0.15) is 0 Å². The Kier molecular flexibility index (Phi) is 8.59. The van der Waals surface area contributed by atoms with Gasteiger partial charge in [0, 0.05) is 28.3 Å². The molecule has 0 aromatic heterocycles. The number of rotatable bonds is 8. The van der Waals surface area contributed by atoms with Crippen molar-refractivity contribution in [2.24, 2.45) is 5.92 Å². The SMILES string of the molecule is CCOC(=O)NC(CNC(=O)c1ccc([N+](=O)[O-])cc1I)CC(C)C. The Labute approximate surface area is 160 Å². The van der Waals surface area contributed by atoms with E-state index in [1.165, 1.54) is 18.2 Å². The quantitative estimate of drug-likeness (QED) is 0.350. The van der Waals surface area contributed by atoms with Crippen LogP contribution in [0, 0.1) is 19.6 Å². The van der Waals surface area contributed by atoms with Crippen LogP contribution in [0.5, 0.6) is 0 Å². The lowest BCUT2D eigenvalue weighted by Gasteiger charge is -2.21. The molecule has 1 unspecified atom stereocenters. The fourth-order valence-electron chi connectivity index (χ4n) is 2.21. The maximum absolute atomic E-state index is 12.3. The number of carbonyl (C=O) groups is 2. The molecule has 138 valence electrons. The van der Waals surface area contributed by atoms with Gasteiger partial charge in [-0.25, -0.2) is 4.79 Å². The summed E-state index contributed by atoms with van der Waals surface area (Å²) in [6.45, 7) is 6.26. The summed E-state index contributed by atoms with van der Waals surface area (Å²) in [7, 11) is 0. The summed E-state index contributed by atoms with van der Waals surface area (Å²) >= 11 is 1.89. The average Bonchev–Trinajstić information content (AvgIpc) is 2.51. The lowest BCUT2D eigenvalue weighted by Crippen LogP contribution is -2.44. The summed E-state index contributed by atoms with van der Waals surface area (Å²) < 4.78 is 5.36. The molecule has 0 aliphatic carbocycles. The van der Waals surface area contributed by atoms with Crippen LogP contribution in [0.3, 0.4) is 0 Å². The zero-order chi connectivity index (χ0) is 19.0. The van der Waals surface area contributed by atoms with Crippen molar-refractivity contribution < 1.29 is 19.2 Å². The number of carbonyl (C=O) groups excluding carboxylic acids is 2. The van der Waals surface area contributed by atoms with Gasteiger partial charge >= 0.3 is 6.09 Å². The minimum absolute atomic E-state index is 0.0670. The lowest BCUT2D eigenvalue weighted by molar-refractivity contribution is -0.384. The molecule has 1 aromatic carbocycles. The van der Waals surface area contributed by atoms with Gasteiger partial charge in [0.15, 0.2) is 0 Å². The molecule has 2 N–H and O–H groups in total. The highest BCUT2D eigenvalue weighted by atomic mass is 127. The Morgan fingerprint density at radius 3 is 2.56 bits per heavy atom. The smallest absolute Gasteiger partial charge is 0.407 e. The molecule has 0 bridgehead atoms. The highest BCUT2D eigenvalue weighted by Crippen LogP contribution is 2.19. The molecule has 1 aromatic rings. The number of hydrogen-bond donors (Lipinski definition) is 2. The molecule has 25 heavy (non-hydrogen) atoms. The Morgan fingerprint density at radius 1 is 1.36 bits per heavy atom. The zero-order valence-corrected chi connectivity index (χ0v) is 16.5. The number of non-ortho nitro benzene ring substituents is 1. The van der Waals surface area contributed by atoms with Crippen LogP contribution >= 0.6 is 22.6 Å². The molecule has 0 aliphatic rings. The monoisotopic (exact) mass is 463 g/mol. The number of nitro groups is 1. The third kappa shape index (κ3) is 7.24. The first-order valence-electron chi connectivity index (χ1n) is 7.90. The van der Waals surface area contributed by atoms with Crippen LogP contribution in [0.1, 0.15) is 37.6 Å². The van der Waals surface area contributed by atoms with E-state index in [1.54, 1.807) is 6.92 Å². The summed E-state index contributed by atoms with van der Waals surface area (Å²) in [5.74, 6) is -0.0259. The molecule has 0 aliphatic heterocycles. The Balaban J connectivity index is 2.73. The number of nitrogens with one attached hydrogen (secondary N) is 2. The number of nitro benzene ring substituents is 1. The number of alkyl carbamates (subject to hydrolysis) is 1. The van der Waals surface area contributed by atoms with Crippen LogP contribution < -0.4 is 10.6 Å². The van der Waals surface area contributed by atoms with Gasteiger partial charge in [-0.3, -0.25) is 14.9 Å². The fraction of sp³-hybridized carbons (Fsp3) is 0.500. The van der Waals surface area contributed by atoms with Crippen LogP contribution in [0.15, 0.2) is 18.2 Å². The maximum atomic E-state index is 12.3. The molecular formula is C16H22IN3O5. The summed E-state index contributed by atoms with van der Waals surface area (Å²) in [5, 5.41) is 16.2. The second-order valence-electron chi connectivity index (χ2n) is 5.82. The number of amides is 2. The van der Waals surface area contributed by atoms with Crippen LogP contribution in [0.4, 0.5) is 10.5 Å². The molecule has 0 heterocycles. The van der Waals surface area contributed by atoms with E-state index in [1.807, 2.05) is 36.4 Å². The second kappa shape index (κ2) is 10.2. The number of halogens is 1. The number of hydrogen-bond acceptors (Lipinski definition) is 5. The fourth-order valence-corrected chi connectivity index (χ4v) is 2.96. The molecule has 0 fully saturated rings. The first-order chi connectivity index (χ1) is 11.7. The molecule has 0 saturated carbocycles. The average molecular weight is 463 g/mol. The molecule has 0 radical (unpaired) electrons. The van der Waals surface area contributed by atoms with Gasteiger partial charge in [-0.15, -0.1) is 0 Å². The van der Waals surface area contributed by atoms with E-state index in [0.717, 1.165) is 0 Å². The number of ether oxygens (including phenoxy) is 1. The van der Waals surface area contributed by atoms with Crippen LogP contribution in [-0.2, 0) is 4.74 Å². The summed E-state index contributed by atoms with van der Waals surface area (Å²) in [5.41, 5.74) is 0.285. The summed E-state index contributed by atoms with van der Waals surface area (Å²) in [4.78, 5) is 34.2. The van der Waals surface area contributed by atoms with Crippen molar-refractivity contribution in [2.75, 3.05) is 13.2 Å². The summed E-state index contributed by atoms with van der Waals surface area (Å²) in [6, 6.07) is 3.79. The van der Waals surface area contributed by atoms with Crippen LogP contribution in [0.2, 0.25) is 0 Å². The van der Waals surface area contributed by atoms with E-state index in [0.29, 0.717) is 21.5 Å². The molecule has 1 atom stereocenters. The van der Waals surface area contributed by atoms with E-state index in [2.05, 4.69) is 10.6 Å². The van der Waals surface area contributed by atoms with Crippen molar-refractivity contribution >= 4 is 40.3 Å². The predicted molar refractivity (Wildman–Crippen MR) is 102 cm³/mol. The summed E-state index contributed by atoms with van der Waals surface area (Å²) in [6.07, 6.45) is 0.156. The normalized spacial score (nSPS) is 11.7. The first kappa shape index (κ1) is 21.1. The first-order valence-corrected chi connectivity index (χ1v) is 8.97. The second-order valence-corrected chi connectivity index (χ2v) is 6.98. The minimum Gasteiger partial charge on any atom is -0.450 e. The van der Waals surface area contributed by atoms with E-state index in [9.17, 15) is 19.7 Å².